The van der Waals surface area contributed by atoms with Crippen LogP contribution in [0.3, 0.4) is 0 Å². The normalized spacial score (nSPS) is 14.6. The topological polar surface area (TPSA) is 71.6 Å². The van der Waals surface area contributed by atoms with Crippen LogP contribution < -0.4 is 0 Å². The molecule has 3 aromatic rings. The quantitative estimate of drug-likeness (QED) is 0.588. The van der Waals surface area contributed by atoms with E-state index in [2.05, 4.69) is 4.98 Å². The van der Waals surface area contributed by atoms with Gasteiger partial charge in [-0.3, -0.25) is 9.59 Å². The molecule has 8 heteroatoms. The Morgan fingerprint density at radius 3 is 2.43 bits per heavy atom. The molecule has 1 saturated heterocycles. The predicted octanol–water partition coefficient (Wildman–Crippen LogP) is 3.29. The first kappa shape index (κ1) is 20.3. The van der Waals surface area contributed by atoms with Crippen molar-refractivity contribution in [1.29, 1.82) is 0 Å². The standard InChI is InChI=1S/C22H24N4O3S/c1-24-13-10-23-22(24)30-16-18-8-9-19(29-18)21(28)26-12-5-11-25(14-15-26)20(27)17-6-3-2-4-7-17/h2-4,6-10,13H,5,11-12,14-16H2,1H3. The SMILES string of the molecule is Cn1ccnc1SCc1ccc(C(=O)N2CCCN(C(=O)c3ccccc3)CC2)o1. The van der Waals surface area contributed by atoms with Crippen LogP contribution in [0.15, 0.2) is 64.4 Å². The fourth-order valence-corrected chi connectivity index (χ4v) is 4.27. The lowest BCUT2D eigenvalue weighted by Crippen LogP contribution is -2.37. The number of nitrogens with zero attached hydrogens (tertiary/aromatic N) is 4. The summed E-state index contributed by atoms with van der Waals surface area (Å²) in [7, 11) is 1.94. The molecule has 0 bridgehead atoms. The molecule has 0 N–H and O–H groups in total. The van der Waals surface area contributed by atoms with E-state index in [1.54, 1.807) is 28.9 Å². The van der Waals surface area contributed by atoms with Gasteiger partial charge in [-0.1, -0.05) is 30.0 Å². The van der Waals surface area contributed by atoms with Crippen LogP contribution >= 0.6 is 11.8 Å². The zero-order valence-electron chi connectivity index (χ0n) is 16.9. The molecule has 0 unspecified atom stereocenters. The van der Waals surface area contributed by atoms with E-state index in [-0.39, 0.29) is 11.8 Å². The fourth-order valence-electron chi connectivity index (χ4n) is 3.44. The smallest absolute Gasteiger partial charge is 0.289 e. The van der Waals surface area contributed by atoms with Crippen LogP contribution in [0.1, 0.15) is 33.1 Å². The van der Waals surface area contributed by atoms with E-state index in [0.717, 1.165) is 17.3 Å². The zero-order chi connectivity index (χ0) is 20.9. The predicted molar refractivity (Wildman–Crippen MR) is 114 cm³/mol. The summed E-state index contributed by atoms with van der Waals surface area (Å²) in [4.78, 5) is 33.5. The minimum atomic E-state index is -0.128. The van der Waals surface area contributed by atoms with Gasteiger partial charge in [-0.2, -0.15) is 0 Å². The number of hydrogen-bond donors (Lipinski definition) is 0. The Bertz CT molecular complexity index is 1010. The van der Waals surface area contributed by atoms with Crippen LogP contribution in [0.4, 0.5) is 0 Å². The van der Waals surface area contributed by atoms with Crippen molar-refractivity contribution in [3.63, 3.8) is 0 Å². The second-order valence-electron chi connectivity index (χ2n) is 7.18. The zero-order valence-corrected chi connectivity index (χ0v) is 17.7. The molecular formula is C22H24N4O3S. The van der Waals surface area contributed by atoms with Gasteiger partial charge in [-0.15, -0.1) is 0 Å². The Kier molecular flexibility index (Phi) is 6.23. The lowest BCUT2D eigenvalue weighted by molar-refractivity contribution is 0.0699. The third kappa shape index (κ3) is 4.59. The summed E-state index contributed by atoms with van der Waals surface area (Å²) in [5.41, 5.74) is 0.679. The van der Waals surface area contributed by atoms with Crippen molar-refractivity contribution >= 4 is 23.6 Å². The summed E-state index contributed by atoms with van der Waals surface area (Å²) in [5, 5.41) is 0.898. The molecule has 1 aliphatic heterocycles. The molecule has 3 heterocycles. The summed E-state index contributed by atoms with van der Waals surface area (Å²) < 4.78 is 7.74. The van der Waals surface area contributed by atoms with Crippen LogP contribution in [0.5, 0.6) is 0 Å². The Labute approximate surface area is 179 Å². The fraction of sp³-hybridized carbons (Fsp3) is 0.318. The highest BCUT2D eigenvalue weighted by Crippen LogP contribution is 2.22. The number of aryl methyl sites for hydroxylation is 1. The monoisotopic (exact) mass is 424 g/mol. The maximum atomic E-state index is 12.9. The van der Waals surface area contributed by atoms with Crippen molar-refractivity contribution < 1.29 is 14.0 Å². The van der Waals surface area contributed by atoms with Gasteiger partial charge in [0.25, 0.3) is 11.8 Å². The second kappa shape index (κ2) is 9.21. The highest BCUT2D eigenvalue weighted by molar-refractivity contribution is 7.98. The molecule has 2 amide bonds. The molecule has 1 aliphatic rings. The molecule has 7 nitrogen and oxygen atoms in total. The number of thioether (sulfide) groups is 1. The van der Waals surface area contributed by atoms with Crippen LogP contribution in [0.25, 0.3) is 0 Å². The van der Waals surface area contributed by atoms with Gasteiger partial charge in [0.15, 0.2) is 10.9 Å². The van der Waals surface area contributed by atoms with E-state index in [9.17, 15) is 9.59 Å². The number of imidazole rings is 1. The van der Waals surface area contributed by atoms with Gasteiger partial charge in [0.1, 0.15) is 5.76 Å². The molecular weight excluding hydrogens is 400 g/mol. The molecule has 0 spiro atoms. The summed E-state index contributed by atoms with van der Waals surface area (Å²) in [6, 6.07) is 12.8. The van der Waals surface area contributed by atoms with Crippen molar-refractivity contribution in [2.45, 2.75) is 17.3 Å². The number of rotatable bonds is 5. The highest BCUT2D eigenvalue weighted by Gasteiger charge is 2.25. The van der Waals surface area contributed by atoms with Crippen LogP contribution in [0, 0.1) is 0 Å². The maximum absolute atomic E-state index is 12.9. The third-order valence-corrected chi connectivity index (χ3v) is 6.16. The molecule has 0 aliphatic carbocycles. The van der Waals surface area contributed by atoms with Crippen molar-refractivity contribution in [3.05, 3.63) is 71.9 Å². The van der Waals surface area contributed by atoms with Crippen LogP contribution in [-0.4, -0.2) is 57.3 Å². The van der Waals surface area contributed by atoms with Crippen molar-refractivity contribution in [2.24, 2.45) is 7.05 Å². The van der Waals surface area contributed by atoms with Crippen molar-refractivity contribution in [2.75, 3.05) is 26.2 Å². The molecule has 1 aromatic carbocycles. The van der Waals surface area contributed by atoms with Crippen LogP contribution in [-0.2, 0) is 12.8 Å². The lowest BCUT2D eigenvalue weighted by atomic mass is 10.2. The van der Waals surface area contributed by atoms with Gasteiger partial charge in [0.05, 0.1) is 5.75 Å². The average Bonchev–Trinajstić information content (AvgIpc) is 3.33. The molecule has 0 radical (unpaired) electrons. The Morgan fingerprint density at radius 1 is 1.00 bits per heavy atom. The summed E-state index contributed by atoms with van der Waals surface area (Å²) in [5.74, 6) is 1.57. The van der Waals surface area contributed by atoms with Gasteiger partial charge < -0.3 is 18.8 Å². The number of carbonyl (C=O) groups is 2. The number of aromatic nitrogens is 2. The molecule has 156 valence electrons. The summed E-state index contributed by atoms with van der Waals surface area (Å²) in [6.07, 6.45) is 4.39. The Balaban J connectivity index is 1.34. The second-order valence-corrected chi connectivity index (χ2v) is 8.12. The van der Waals surface area contributed by atoms with E-state index in [1.807, 2.05) is 59.1 Å². The first-order valence-corrected chi connectivity index (χ1v) is 10.9. The van der Waals surface area contributed by atoms with Crippen molar-refractivity contribution in [3.8, 4) is 0 Å². The van der Waals surface area contributed by atoms with E-state index in [0.29, 0.717) is 43.3 Å². The van der Waals surface area contributed by atoms with Gasteiger partial charge in [0.2, 0.25) is 0 Å². The number of furan rings is 1. The minimum Gasteiger partial charge on any atom is -0.455 e. The molecule has 1 fully saturated rings. The molecule has 0 saturated carbocycles. The maximum Gasteiger partial charge on any atom is 0.289 e. The molecule has 0 atom stereocenters. The van der Waals surface area contributed by atoms with E-state index in [1.165, 1.54) is 0 Å². The van der Waals surface area contributed by atoms with Gasteiger partial charge in [-0.25, -0.2) is 4.98 Å². The Hall–Kier alpha value is -3.00. The minimum absolute atomic E-state index is 0.0106. The first-order valence-electron chi connectivity index (χ1n) is 9.94. The largest absolute Gasteiger partial charge is 0.455 e. The van der Waals surface area contributed by atoms with E-state index >= 15 is 0 Å². The third-order valence-electron chi connectivity index (χ3n) is 5.08. The molecule has 4 rings (SSSR count). The molecule has 30 heavy (non-hydrogen) atoms. The van der Waals surface area contributed by atoms with Gasteiger partial charge in [0, 0.05) is 51.2 Å². The van der Waals surface area contributed by atoms with Crippen LogP contribution in [0.2, 0.25) is 0 Å². The van der Waals surface area contributed by atoms with Gasteiger partial charge >= 0.3 is 0 Å². The number of amides is 2. The summed E-state index contributed by atoms with van der Waals surface area (Å²) in [6.45, 7) is 2.26. The van der Waals surface area contributed by atoms with Gasteiger partial charge in [-0.05, 0) is 30.7 Å². The van der Waals surface area contributed by atoms with E-state index in [4.69, 9.17) is 4.42 Å². The number of carbonyl (C=O) groups excluding carboxylic acids is 2. The molecule has 2 aromatic heterocycles. The Morgan fingerprint density at radius 2 is 1.73 bits per heavy atom. The average molecular weight is 425 g/mol. The first-order chi connectivity index (χ1) is 14.6. The van der Waals surface area contributed by atoms with E-state index < -0.39 is 0 Å². The number of benzene rings is 1. The summed E-state index contributed by atoms with van der Waals surface area (Å²) >= 11 is 1.56. The van der Waals surface area contributed by atoms with Crippen molar-refractivity contribution in [1.82, 2.24) is 19.4 Å². The lowest BCUT2D eigenvalue weighted by Gasteiger charge is -2.21. The number of hydrogen-bond acceptors (Lipinski definition) is 5. The highest BCUT2D eigenvalue weighted by atomic mass is 32.2.